The summed E-state index contributed by atoms with van der Waals surface area (Å²) in [5.41, 5.74) is 4.46. The first kappa shape index (κ1) is 13.4. The molecule has 18 heavy (non-hydrogen) atoms. The van der Waals surface area contributed by atoms with Crippen LogP contribution in [0.3, 0.4) is 0 Å². The van der Waals surface area contributed by atoms with Gasteiger partial charge in [-0.3, -0.25) is 4.90 Å². The van der Waals surface area contributed by atoms with E-state index in [1.165, 1.54) is 16.8 Å². The number of hydrogen-bond acceptors (Lipinski definition) is 2. The zero-order chi connectivity index (χ0) is 13.3. The fourth-order valence-corrected chi connectivity index (χ4v) is 2.56. The molecule has 2 nitrogen and oxygen atoms in total. The van der Waals surface area contributed by atoms with Gasteiger partial charge < -0.3 is 4.90 Å². The molecule has 0 saturated carbocycles. The molecule has 1 aliphatic heterocycles. The van der Waals surface area contributed by atoms with Gasteiger partial charge in [0, 0.05) is 37.4 Å². The van der Waals surface area contributed by atoms with E-state index in [0.29, 0.717) is 5.54 Å². The maximum Gasteiger partial charge on any atom is 0.0369 e. The van der Waals surface area contributed by atoms with Crippen LogP contribution in [0.4, 0.5) is 5.69 Å². The van der Waals surface area contributed by atoms with E-state index in [0.717, 1.165) is 26.2 Å². The zero-order valence-corrected chi connectivity index (χ0v) is 12.5. The molecule has 0 radical (unpaired) electrons. The average molecular weight is 246 g/mol. The molecule has 0 aromatic heterocycles. The SMILES string of the molecule is Cc1ccc(N2CCN(C(C)(C)C)CC2)cc1C. The Balaban J connectivity index is 2.03. The summed E-state index contributed by atoms with van der Waals surface area (Å²) in [6.07, 6.45) is 0. The topological polar surface area (TPSA) is 6.48 Å². The van der Waals surface area contributed by atoms with E-state index in [2.05, 4.69) is 62.6 Å². The third kappa shape index (κ3) is 2.86. The number of piperazine rings is 1. The molecule has 0 amide bonds. The molecule has 0 spiro atoms. The summed E-state index contributed by atoms with van der Waals surface area (Å²) in [5.74, 6) is 0. The van der Waals surface area contributed by atoms with E-state index in [1.807, 2.05) is 0 Å². The summed E-state index contributed by atoms with van der Waals surface area (Å²) in [4.78, 5) is 5.08. The highest BCUT2D eigenvalue weighted by atomic mass is 15.3. The van der Waals surface area contributed by atoms with Crippen LogP contribution in [-0.2, 0) is 0 Å². The van der Waals surface area contributed by atoms with Gasteiger partial charge in [0.25, 0.3) is 0 Å². The van der Waals surface area contributed by atoms with Gasteiger partial charge >= 0.3 is 0 Å². The van der Waals surface area contributed by atoms with Crippen molar-refractivity contribution in [1.29, 1.82) is 0 Å². The third-order valence-electron chi connectivity index (χ3n) is 4.08. The van der Waals surface area contributed by atoms with Gasteiger partial charge in [0.05, 0.1) is 0 Å². The van der Waals surface area contributed by atoms with E-state index >= 15 is 0 Å². The van der Waals surface area contributed by atoms with E-state index in [1.54, 1.807) is 0 Å². The van der Waals surface area contributed by atoms with Gasteiger partial charge in [-0.15, -0.1) is 0 Å². The van der Waals surface area contributed by atoms with Crippen LogP contribution in [0.2, 0.25) is 0 Å². The average Bonchev–Trinajstić information content (AvgIpc) is 2.32. The summed E-state index contributed by atoms with van der Waals surface area (Å²) < 4.78 is 0. The summed E-state index contributed by atoms with van der Waals surface area (Å²) in [6, 6.07) is 6.82. The van der Waals surface area contributed by atoms with Crippen LogP contribution < -0.4 is 4.90 Å². The summed E-state index contributed by atoms with van der Waals surface area (Å²) in [7, 11) is 0. The lowest BCUT2D eigenvalue weighted by Gasteiger charge is -2.43. The van der Waals surface area contributed by atoms with Crippen molar-refractivity contribution in [1.82, 2.24) is 4.90 Å². The highest BCUT2D eigenvalue weighted by Crippen LogP contribution is 2.22. The summed E-state index contributed by atoms with van der Waals surface area (Å²) in [5, 5.41) is 0. The minimum absolute atomic E-state index is 0.301. The second-order valence-corrected chi connectivity index (χ2v) is 6.41. The molecule has 1 heterocycles. The lowest BCUT2D eigenvalue weighted by atomic mass is 10.0. The molecule has 0 N–H and O–H groups in total. The molecule has 1 aromatic rings. The van der Waals surface area contributed by atoms with Crippen LogP contribution in [0.1, 0.15) is 31.9 Å². The number of nitrogens with zero attached hydrogens (tertiary/aromatic N) is 2. The van der Waals surface area contributed by atoms with Crippen LogP contribution >= 0.6 is 0 Å². The fourth-order valence-electron chi connectivity index (χ4n) is 2.56. The van der Waals surface area contributed by atoms with E-state index in [-0.39, 0.29) is 0 Å². The Morgan fingerprint density at radius 2 is 1.50 bits per heavy atom. The van der Waals surface area contributed by atoms with Crippen molar-refractivity contribution in [3.8, 4) is 0 Å². The second kappa shape index (κ2) is 4.93. The quantitative estimate of drug-likeness (QED) is 0.750. The Kier molecular flexibility index (Phi) is 3.67. The number of hydrogen-bond donors (Lipinski definition) is 0. The standard InChI is InChI=1S/C16H26N2/c1-13-6-7-15(12-14(13)2)17-8-10-18(11-9-17)16(3,4)5/h6-7,12H,8-11H2,1-5H3. The Bertz CT molecular complexity index is 410. The molecule has 0 unspecified atom stereocenters. The Morgan fingerprint density at radius 1 is 0.889 bits per heavy atom. The van der Waals surface area contributed by atoms with Crippen molar-refractivity contribution < 1.29 is 0 Å². The van der Waals surface area contributed by atoms with Gasteiger partial charge in [-0.1, -0.05) is 6.07 Å². The van der Waals surface area contributed by atoms with Crippen LogP contribution in [-0.4, -0.2) is 36.6 Å². The van der Waals surface area contributed by atoms with E-state index in [4.69, 9.17) is 0 Å². The van der Waals surface area contributed by atoms with Gasteiger partial charge in [0.1, 0.15) is 0 Å². The molecule has 1 aromatic carbocycles. The monoisotopic (exact) mass is 246 g/mol. The third-order valence-corrected chi connectivity index (χ3v) is 4.08. The van der Waals surface area contributed by atoms with Crippen LogP contribution in [0.25, 0.3) is 0 Å². The Hall–Kier alpha value is -1.02. The molecule has 0 aliphatic carbocycles. The molecular weight excluding hydrogens is 220 g/mol. The number of anilines is 1. The molecule has 2 heteroatoms. The lowest BCUT2D eigenvalue weighted by molar-refractivity contribution is 0.128. The fraction of sp³-hybridized carbons (Fsp3) is 0.625. The maximum absolute atomic E-state index is 2.57. The van der Waals surface area contributed by atoms with Gasteiger partial charge in [0.2, 0.25) is 0 Å². The van der Waals surface area contributed by atoms with Crippen LogP contribution in [0.5, 0.6) is 0 Å². The molecule has 100 valence electrons. The number of rotatable bonds is 1. The molecular formula is C16H26N2. The van der Waals surface area contributed by atoms with Crippen molar-refractivity contribution in [2.24, 2.45) is 0 Å². The highest BCUT2D eigenvalue weighted by molar-refractivity contribution is 5.51. The zero-order valence-electron chi connectivity index (χ0n) is 12.5. The minimum Gasteiger partial charge on any atom is -0.369 e. The molecule has 0 bridgehead atoms. The normalized spacial score (nSPS) is 18.2. The molecule has 0 atom stereocenters. The van der Waals surface area contributed by atoms with Crippen LogP contribution in [0.15, 0.2) is 18.2 Å². The van der Waals surface area contributed by atoms with Crippen molar-refractivity contribution in [3.63, 3.8) is 0 Å². The van der Waals surface area contributed by atoms with Crippen molar-refractivity contribution in [3.05, 3.63) is 29.3 Å². The predicted octanol–water partition coefficient (Wildman–Crippen LogP) is 3.22. The first-order chi connectivity index (χ1) is 8.38. The van der Waals surface area contributed by atoms with Gasteiger partial charge in [-0.25, -0.2) is 0 Å². The largest absolute Gasteiger partial charge is 0.369 e. The molecule has 1 aliphatic rings. The van der Waals surface area contributed by atoms with E-state index < -0.39 is 0 Å². The lowest BCUT2D eigenvalue weighted by Crippen LogP contribution is -2.53. The summed E-state index contributed by atoms with van der Waals surface area (Å²) >= 11 is 0. The molecule has 2 rings (SSSR count). The molecule has 1 saturated heterocycles. The van der Waals surface area contributed by atoms with Gasteiger partial charge in [0.15, 0.2) is 0 Å². The smallest absolute Gasteiger partial charge is 0.0369 e. The Morgan fingerprint density at radius 3 is 2.00 bits per heavy atom. The first-order valence-corrected chi connectivity index (χ1v) is 6.95. The van der Waals surface area contributed by atoms with Gasteiger partial charge in [-0.05, 0) is 57.9 Å². The van der Waals surface area contributed by atoms with Crippen LogP contribution in [0, 0.1) is 13.8 Å². The summed E-state index contributed by atoms with van der Waals surface area (Å²) in [6.45, 7) is 15.9. The number of benzene rings is 1. The molecule has 1 fully saturated rings. The Labute approximate surface area is 112 Å². The van der Waals surface area contributed by atoms with Crippen molar-refractivity contribution >= 4 is 5.69 Å². The second-order valence-electron chi connectivity index (χ2n) is 6.41. The number of aryl methyl sites for hydroxylation is 2. The maximum atomic E-state index is 2.57. The minimum atomic E-state index is 0.301. The highest BCUT2D eigenvalue weighted by Gasteiger charge is 2.25. The van der Waals surface area contributed by atoms with Crippen molar-refractivity contribution in [2.75, 3.05) is 31.1 Å². The van der Waals surface area contributed by atoms with Gasteiger partial charge in [-0.2, -0.15) is 0 Å². The first-order valence-electron chi connectivity index (χ1n) is 6.95. The predicted molar refractivity (Wildman–Crippen MR) is 79.5 cm³/mol. The van der Waals surface area contributed by atoms with E-state index in [9.17, 15) is 0 Å². The van der Waals surface area contributed by atoms with Crippen molar-refractivity contribution in [2.45, 2.75) is 40.2 Å².